The first-order valence-corrected chi connectivity index (χ1v) is 7.81. The number of hydrogen-bond acceptors (Lipinski definition) is 3. The number of nitrogens with zero attached hydrogens (tertiary/aromatic N) is 1. The zero-order valence-corrected chi connectivity index (χ0v) is 12.2. The van der Waals surface area contributed by atoms with Gasteiger partial charge in [-0.1, -0.05) is 6.42 Å². The summed E-state index contributed by atoms with van der Waals surface area (Å²) in [6, 6.07) is 1.24. The first-order chi connectivity index (χ1) is 9.25. The molecule has 2 N–H and O–H groups in total. The van der Waals surface area contributed by atoms with E-state index in [2.05, 4.69) is 28.9 Å². The molecule has 2 fully saturated rings. The number of amides is 1. The maximum absolute atomic E-state index is 11.6. The van der Waals surface area contributed by atoms with Gasteiger partial charge < -0.3 is 15.5 Å². The van der Waals surface area contributed by atoms with E-state index in [4.69, 9.17) is 0 Å². The molecule has 2 rings (SSSR count). The summed E-state index contributed by atoms with van der Waals surface area (Å²) < 4.78 is 0. The molecule has 4 nitrogen and oxygen atoms in total. The van der Waals surface area contributed by atoms with E-state index in [1.54, 1.807) is 0 Å². The molecular formula is C15H28N3O. The normalized spacial score (nSPS) is 22.2. The molecule has 1 heterocycles. The number of carbonyl (C=O) groups excluding carboxylic acids is 1. The Hall–Kier alpha value is -0.610. The lowest BCUT2D eigenvalue weighted by Crippen LogP contribution is -2.42. The Kier molecular flexibility index (Phi) is 6.11. The van der Waals surface area contributed by atoms with Crippen LogP contribution < -0.4 is 10.6 Å². The zero-order valence-electron chi connectivity index (χ0n) is 12.2. The summed E-state index contributed by atoms with van der Waals surface area (Å²) in [5.74, 6) is 0.147. The maximum atomic E-state index is 11.6. The van der Waals surface area contributed by atoms with Gasteiger partial charge >= 0.3 is 0 Å². The van der Waals surface area contributed by atoms with Crippen LogP contribution in [0.25, 0.3) is 0 Å². The van der Waals surface area contributed by atoms with E-state index in [1.807, 2.05) is 0 Å². The second kappa shape index (κ2) is 7.85. The smallest absolute Gasteiger partial charge is 0.233 e. The van der Waals surface area contributed by atoms with Gasteiger partial charge in [-0.25, -0.2) is 0 Å². The van der Waals surface area contributed by atoms with E-state index in [0.717, 1.165) is 19.5 Å². The van der Waals surface area contributed by atoms with Gasteiger partial charge in [-0.15, -0.1) is 0 Å². The molecule has 0 aromatic rings. The summed E-state index contributed by atoms with van der Waals surface area (Å²) in [4.78, 5) is 14.1. The molecule has 1 unspecified atom stereocenters. The fraction of sp³-hybridized carbons (Fsp3) is 0.867. The Labute approximate surface area is 117 Å². The molecule has 4 heteroatoms. The summed E-state index contributed by atoms with van der Waals surface area (Å²) >= 11 is 0. The molecule has 2 aliphatic rings. The van der Waals surface area contributed by atoms with Gasteiger partial charge in [-0.3, -0.25) is 4.79 Å². The van der Waals surface area contributed by atoms with Crippen molar-refractivity contribution in [3.8, 4) is 0 Å². The van der Waals surface area contributed by atoms with Crippen LogP contribution in [0.1, 0.15) is 45.4 Å². The standard InChI is InChI=1S/C15H28N3O/c1-13(18-10-2-3-11-18)6-5-9-16-15(19)12-17-14-7-4-8-14/h2,13-14,17H,3-12H2,1H3,(H,16,19). The lowest BCUT2D eigenvalue weighted by molar-refractivity contribution is -0.120. The second-order valence-electron chi connectivity index (χ2n) is 5.92. The maximum Gasteiger partial charge on any atom is 0.233 e. The van der Waals surface area contributed by atoms with E-state index >= 15 is 0 Å². The van der Waals surface area contributed by atoms with Gasteiger partial charge in [0.05, 0.1) is 6.54 Å². The minimum atomic E-state index is 0.147. The van der Waals surface area contributed by atoms with Crippen LogP contribution in [0.4, 0.5) is 0 Å². The number of nitrogens with one attached hydrogen (secondary N) is 2. The number of rotatable bonds is 8. The van der Waals surface area contributed by atoms with Crippen molar-refractivity contribution in [2.45, 2.75) is 57.5 Å². The van der Waals surface area contributed by atoms with Crippen molar-refractivity contribution >= 4 is 5.91 Å². The molecular weight excluding hydrogens is 238 g/mol. The first-order valence-electron chi connectivity index (χ1n) is 7.81. The summed E-state index contributed by atoms with van der Waals surface area (Å²) in [5, 5.41) is 6.29. The molecule has 0 aromatic carbocycles. The Bertz CT molecular complexity index is 273. The van der Waals surface area contributed by atoms with Gasteiger partial charge in [0.25, 0.3) is 0 Å². The number of likely N-dealkylation sites (tertiary alicyclic amines) is 1. The van der Waals surface area contributed by atoms with Crippen molar-refractivity contribution in [2.24, 2.45) is 0 Å². The van der Waals surface area contributed by atoms with Crippen LogP contribution in [-0.2, 0) is 4.79 Å². The number of hydrogen-bond donors (Lipinski definition) is 2. The highest BCUT2D eigenvalue weighted by Gasteiger charge is 2.18. The fourth-order valence-corrected chi connectivity index (χ4v) is 2.73. The topological polar surface area (TPSA) is 44.4 Å². The van der Waals surface area contributed by atoms with E-state index in [-0.39, 0.29) is 5.91 Å². The van der Waals surface area contributed by atoms with E-state index < -0.39 is 0 Å². The van der Waals surface area contributed by atoms with Crippen molar-refractivity contribution in [3.05, 3.63) is 6.42 Å². The van der Waals surface area contributed by atoms with E-state index in [0.29, 0.717) is 18.6 Å². The molecule has 109 valence electrons. The third-order valence-electron chi connectivity index (χ3n) is 4.38. The fourth-order valence-electron chi connectivity index (χ4n) is 2.73. The largest absolute Gasteiger partial charge is 0.355 e. The lowest BCUT2D eigenvalue weighted by Gasteiger charge is -2.26. The predicted molar refractivity (Wildman–Crippen MR) is 77.8 cm³/mol. The molecule has 1 aliphatic carbocycles. The summed E-state index contributed by atoms with van der Waals surface area (Å²) in [5.41, 5.74) is 0. The molecule has 1 saturated carbocycles. The van der Waals surface area contributed by atoms with Gasteiger partial charge in [0.15, 0.2) is 0 Å². The molecule has 1 radical (unpaired) electrons. The van der Waals surface area contributed by atoms with Crippen LogP contribution in [0.2, 0.25) is 0 Å². The van der Waals surface area contributed by atoms with Crippen LogP contribution in [0, 0.1) is 6.42 Å². The van der Waals surface area contributed by atoms with Gasteiger partial charge in [0.2, 0.25) is 5.91 Å². The van der Waals surface area contributed by atoms with Crippen molar-refractivity contribution in [3.63, 3.8) is 0 Å². The quantitative estimate of drug-likeness (QED) is 0.651. The van der Waals surface area contributed by atoms with Crippen molar-refractivity contribution < 1.29 is 4.79 Å². The molecule has 0 aromatic heterocycles. The van der Waals surface area contributed by atoms with Crippen molar-refractivity contribution in [2.75, 3.05) is 26.2 Å². The first kappa shape index (κ1) is 14.8. The Balaban J connectivity index is 1.45. The summed E-state index contributed by atoms with van der Waals surface area (Å²) in [6.45, 7) is 5.94. The highest BCUT2D eigenvalue weighted by Crippen LogP contribution is 2.17. The highest BCUT2D eigenvalue weighted by molar-refractivity contribution is 5.77. The second-order valence-corrected chi connectivity index (χ2v) is 5.92. The molecule has 1 amide bonds. The molecule has 1 aliphatic heterocycles. The zero-order chi connectivity index (χ0) is 13.5. The lowest BCUT2D eigenvalue weighted by atomic mass is 9.93. The third-order valence-corrected chi connectivity index (χ3v) is 4.38. The monoisotopic (exact) mass is 266 g/mol. The highest BCUT2D eigenvalue weighted by atomic mass is 16.1. The SMILES string of the molecule is CC(CCCNC(=O)CNC1CCC1)N1C[CH]CC1. The molecule has 19 heavy (non-hydrogen) atoms. The van der Waals surface area contributed by atoms with Gasteiger partial charge in [0.1, 0.15) is 0 Å². The predicted octanol–water partition coefficient (Wildman–Crippen LogP) is 1.32. The Morgan fingerprint density at radius 1 is 1.47 bits per heavy atom. The van der Waals surface area contributed by atoms with Gasteiger partial charge in [-0.2, -0.15) is 0 Å². The average Bonchev–Trinajstić information content (AvgIpc) is 2.86. The third kappa shape index (κ3) is 5.11. The Morgan fingerprint density at radius 2 is 2.32 bits per heavy atom. The van der Waals surface area contributed by atoms with Crippen LogP contribution in [0.5, 0.6) is 0 Å². The Morgan fingerprint density at radius 3 is 2.95 bits per heavy atom. The van der Waals surface area contributed by atoms with Crippen LogP contribution in [0.3, 0.4) is 0 Å². The minimum Gasteiger partial charge on any atom is -0.355 e. The van der Waals surface area contributed by atoms with Crippen molar-refractivity contribution in [1.82, 2.24) is 15.5 Å². The number of carbonyl (C=O) groups is 1. The summed E-state index contributed by atoms with van der Waals surface area (Å²) in [7, 11) is 0. The van der Waals surface area contributed by atoms with Crippen LogP contribution in [0.15, 0.2) is 0 Å². The van der Waals surface area contributed by atoms with E-state index in [1.165, 1.54) is 38.6 Å². The summed E-state index contributed by atoms with van der Waals surface area (Å²) in [6.07, 6.45) is 9.61. The van der Waals surface area contributed by atoms with Crippen molar-refractivity contribution in [1.29, 1.82) is 0 Å². The molecule has 0 bridgehead atoms. The van der Waals surface area contributed by atoms with Crippen LogP contribution in [-0.4, -0.2) is 49.1 Å². The molecule has 0 spiro atoms. The average molecular weight is 266 g/mol. The van der Waals surface area contributed by atoms with E-state index in [9.17, 15) is 4.79 Å². The molecule has 1 saturated heterocycles. The van der Waals surface area contributed by atoms with Gasteiger partial charge in [0, 0.05) is 25.2 Å². The molecule has 1 atom stereocenters. The minimum absolute atomic E-state index is 0.147. The van der Waals surface area contributed by atoms with Crippen LogP contribution >= 0.6 is 0 Å². The van der Waals surface area contributed by atoms with Gasteiger partial charge in [-0.05, 0) is 52.0 Å².